The average Bonchev–Trinajstić information content (AvgIpc) is 3.76. The SMILES string of the molecule is C=C(C)C1CCC2(NCCN3CC4CC3CO4)CCC(C)C3(C)CCC4C(C)(C)C(c5ccc(C(=O)O)cc5)=CCC4(C)C3CCCC12. The van der Waals surface area contributed by atoms with Crippen LogP contribution in [0.1, 0.15) is 128 Å². The van der Waals surface area contributed by atoms with Gasteiger partial charge in [-0.05, 0) is 140 Å². The predicted octanol–water partition coefficient (Wildman–Crippen LogP) is 9.24. The molecular weight excluding hydrogens is 592 g/mol. The zero-order valence-corrected chi connectivity index (χ0v) is 31.0. The molecule has 3 saturated carbocycles. The number of hydrogen-bond donors (Lipinski definition) is 2. The molecule has 10 atom stereocenters. The molecule has 0 amide bonds. The molecule has 2 heterocycles. The van der Waals surface area contributed by atoms with Gasteiger partial charge in [-0.1, -0.05) is 71.4 Å². The fourth-order valence-electron chi connectivity index (χ4n) is 13.1. The predicted molar refractivity (Wildman–Crippen MR) is 196 cm³/mol. The highest BCUT2D eigenvalue weighted by Gasteiger charge is 2.60. The molecule has 0 spiro atoms. The summed E-state index contributed by atoms with van der Waals surface area (Å²) in [5, 5.41) is 13.8. The normalized spacial score (nSPS) is 42.4. The number of likely N-dealkylation sites (tertiary alicyclic amines) is 1. The Morgan fingerprint density at radius 3 is 2.42 bits per heavy atom. The van der Waals surface area contributed by atoms with Crippen LogP contribution < -0.4 is 5.32 Å². The zero-order chi connectivity index (χ0) is 34.1. The number of morpholine rings is 1. The number of carboxylic acids is 1. The largest absolute Gasteiger partial charge is 0.478 e. The van der Waals surface area contributed by atoms with E-state index in [-0.39, 0.29) is 16.4 Å². The number of allylic oxidation sites excluding steroid dienone is 3. The summed E-state index contributed by atoms with van der Waals surface area (Å²) in [5.41, 5.74) is 5.24. The molecule has 1 aromatic rings. The molecule has 2 saturated heterocycles. The number of fused-ring (bicyclic) bond motifs is 6. The number of nitrogens with zero attached hydrogens (tertiary/aromatic N) is 1. The van der Waals surface area contributed by atoms with Crippen LogP contribution in [-0.2, 0) is 4.74 Å². The van der Waals surface area contributed by atoms with E-state index in [1.807, 2.05) is 12.1 Å². The van der Waals surface area contributed by atoms with Crippen molar-refractivity contribution in [2.45, 2.75) is 130 Å². The first-order valence-electron chi connectivity index (χ1n) is 19.6. The lowest BCUT2D eigenvalue weighted by atomic mass is 9.40. The third-order valence-corrected chi connectivity index (χ3v) is 15.9. The van der Waals surface area contributed by atoms with Crippen LogP contribution in [0.4, 0.5) is 0 Å². The van der Waals surface area contributed by atoms with Crippen LogP contribution in [0.5, 0.6) is 0 Å². The Labute approximate surface area is 291 Å². The van der Waals surface area contributed by atoms with Crippen molar-refractivity contribution in [2.24, 2.45) is 45.8 Å². The highest BCUT2D eigenvalue weighted by molar-refractivity contribution is 5.88. The Bertz CT molecular complexity index is 1420. The Morgan fingerprint density at radius 1 is 1.00 bits per heavy atom. The maximum atomic E-state index is 11.6. The number of ether oxygens (including phenoxy) is 1. The van der Waals surface area contributed by atoms with Crippen molar-refractivity contribution in [3.63, 3.8) is 0 Å². The second-order valence-electron chi connectivity index (χ2n) is 18.5. The second kappa shape index (κ2) is 12.7. The van der Waals surface area contributed by atoms with Crippen molar-refractivity contribution in [3.05, 3.63) is 53.6 Å². The molecule has 5 fully saturated rings. The van der Waals surface area contributed by atoms with Gasteiger partial charge in [-0.25, -0.2) is 4.79 Å². The van der Waals surface area contributed by atoms with Crippen molar-refractivity contribution in [2.75, 3.05) is 26.2 Å². The molecule has 10 unspecified atom stereocenters. The molecule has 6 aliphatic rings. The number of nitrogens with one attached hydrogen (secondary N) is 1. The first-order valence-corrected chi connectivity index (χ1v) is 19.6. The van der Waals surface area contributed by atoms with Crippen molar-refractivity contribution >= 4 is 11.5 Å². The molecule has 5 heteroatoms. The van der Waals surface area contributed by atoms with E-state index < -0.39 is 5.97 Å². The molecular formula is C43H64N2O3. The van der Waals surface area contributed by atoms with E-state index in [4.69, 9.17) is 4.74 Å². The van der Waals surface area contributed by atoms with Crippen LogP contribution in [0.15, 0.2) is 42.5 Å². The van der Waals surface area contributed by atoms with Crippen LogP contribution in [0.2, 0.25) is 0 Å². The maximum Gasteiger partial charge on any atom is 0.335 e. The van der Waals surface area contributed by atoms with Gasteiger partial charge in [0.25, 0.3) is 0 Å². The van der Waals surface area contributed by atoms with E-state index in [1.165, 1.54) is 80.9 Å². The number of rotatable bonds is 7. The van der Waals surface area contributed by atoms with Crippen LogP contribution in [0, 0.1) is 45.8 Å². The number of carbonyl (C=O) groups is 1. The molecule has 5 nitrogen and oxygen atoms in total. The first-order chi connectivity index (χ1) is 22.8. The topological polar surface area (TPSA) is 61.8 Å². The molecule has 7 rings (SSSR count). The van der Waals surface area contributed by atoms with E-state index in [0.29, 0.717) is 52.7 Å². The van der Waals surface area contributed by atoms with Gasteiger partial charge in [0.15, 0.2) is 0 Å². The van der Waals surface area contributed by atoms with Crippen LogP contribution in [0.25, 0.3) is 5.57 Å². The van der Waals surface area contributed by atoms with Gasteiger partial charge in [0.2, 0.25) is 0 Å². The Hall–Kier alpha value is -1.95. The smallest absolute Gasteiger partial charge is 0.335 e. The Balaban J connectivity index is 1.13. The summed E-state index contributed by atoms with van der Waals surface area (Å²) in [6.45, 7) is 24.1. The van der Waals surface area contributed by atoms with Crippen LogP contribution in [-0.4, -0.2) is 59.9 Å². The summed E-state index contributed by atoms with van der Waals surface area (Å²) in [5.74, 6) is 2.45. The molecule has 2 bridgehead atoms. The summed E-state index contributed by atoms with van der Waals surface area (Å²) in [7, 11) is 0. The van der Waals surface area contributed by atoms with Crippen molar-refractivity contribution in [3.8, 4) is 0 Å². The molecule has 0 radical (unpaired) electrons. The van der Waals surface area contributed by atoms with Crippen molar-refractivity contribution < 1.29 is 14.6 Å². The number of carboxylic acid groups (broad SMARTS) is 1. The van der Waals surface area contributed by atoms with E-state index in [2.05, 4.69) is 64.4 Å². The third-order valence-electron chi connectivity index (χ3n) is 15.9. The minimum atomic E-state index is -0.854. The standard InChI is InChI=1S/C43H64N2O3/c1-28(2)34-16-22-43(44-23-24-45-26-33-25-32(45)27-48-33)21-15-29(3)41(6)20-18-37-40(4,5)35(30-11-13-31(14-12-30)39(46)47)17-19-42(37,7)38(41)10-8-9-36(34)43/h11-14,17,29,32-34,36-38,44H,1,8-10,15-16,18-27H2,2-7H3,(H,46,47). The summed E-state index contributed by atoms with van der Waals surface area (Å²) < 4.78 is 5.90. The van der Waals surface area contributed by atoms with Gasteiger partial charge >= 0.3 is 5.97 Å². The molecule has 2 aliphatic heterocycles. The molecule has 2 N–H and O–H groups in total. The Morgan fingerprint density at radius 2 is 1.75 bits per heavy atom. The van der Waals surface area contributed by atoms with Gasteiger partial charge in [-0.3, -0.25) is 4.90 Å². The van der Waals surface area contributed by atoms with Gasteiger partial charge in [0.05, 0.1) is 18.3 Å². The Kier molecular flexibility index (Phi) is 9.11. The lowest BCUT2D eigenvalue weighted by molar-refractivity contribution is -0.120. The van der Waals surface area contributed by atoms with E-state index in [9.17, 15) is 9.90 Å². The zero-order valence-electron chi connectivity index (χ0n) is 31.0. The summed E-state index contributed by atoms with van der Waals surface area (Å²) in [6, 6.07) is 8.29. The number of hydrogen-bond acceptors (Lipinski definition) is 4. The van der Waals surface area contributed by atoms with Crippen molar-refractivity contribution in [1.82, 2.24) is 10.2 Å². The molecule has 1 aromatic carbocycles. The lowest BCUT2D eigenvalue weighted by Gasteiger charge is -2.64. The third kappa shape index (κ3) is 5.66. The highest BCUT2D eigenvalue weighted by atomic mass is 16.5. The quantitative estimate of drug-likeness (QED) is 0.287. The highest BCUT2D eigenvalue weighted by Crippen LogP contribution is 2.68. The average molecular weight is 657 g/mol. The van der Waals surface area contributed by atoms with Gasteiger partial charge in [-0.2, -0.15) is 0 Å². The molecule has 0 aromatic heterocycles. The van der Waals surface area contributed by atoms with Gasteiger partial charge in [-0.15, -0.1) is 0 Å². The maximum absolute atomic E-state index is 11.6. The van der Waals surface area contributed by atoms with Gasteiger partial charge in [0, 0.05) is 31.2 Å². The lowest BCUT2D eigenvalue weighted by Crippen LogP contribution is -2.57. The minimum absolute atomic E-state index is 0.0359. The van der Waals surface area contributed by atoms with E-state index in [0.717, 1.165) is 32.7 Å². The molecule has 264 valence electrons. The van der Waals surface area contributed by atoms with Crippen LogP contribution in [0.3, 0.4) is 0 Å². The van der Waals surface area contributed by atoms with E-state index in [1.54, 1.807) is 12.1 Å². The van der Waals surface area contributed by atoms with Gasteiger partial charge in [0.1, 0.15) is 0 Å². The van der Waals surface area contributed by atoms with Crippen molar-refractivity contribution in [1.29, 1.82) is 0 Å². The van der Waals surface area contributed by atoms with Gasteiger partial charge < -0.3 is 15.2 Å². The van der Waals surface area contributed by atoms with Crippen LogP contribution >= 0.6 is 0 Å². The number of benzene rings is 1. The summed E-state index contributed by atoms with van der Waals surface area (Å²) >= 11 is 0. The van der Waals surface area contributed by atoms with E-state index >= 15 is 0 Å². The number of aromatic carboxylic acids is 1. The fraction of sp³-hybridized carbons (Fsp3) is 0.744. The first kappa shape index (κ1) is 34.5. The molecule has 4 aliphatic carbocycles. The summed E-state index contributed by atoms with van der Waals surface area (Å²) in [6.07, 6.45) is 17.1. The fourth-order valence-corrected chi connectivity index (χ4v) is 13.1. The monoisotopic (exact) mass is 656 g/mol. The molecule has 48 heavy (non-hydrogen) atoms. The minimum Gasteiger partial charge on any atom is -0.478 e. The summed E-state index contributed by atoms with van der Waals surface area (Å²) in [4.78, 5) is 14.3. The second-order valence-corrected chi connectivity index (χ2v) is 18.5.